The first kappa shape index (κ1) is 68.6. The zero-order valence-corrected chi connectivity index (χ0v) is 47.4. The Balaban J connectivity index is 3.98. The van der Waals surface area contributed by atoms with Crippen LogP contribution in [0.25, 0.3) is 0 Å². The van der Waals surface area contributed by atoms with E-state index < -0.39 is 6.10 Å². The quantitative estimate of drug-likeness (QED) is 0.0261. The van der Waals surface area contributed by atoms with Crippen molar-refractivity contribution in [1.82, 2.24) is 0 Å². The molecule has 72 heavy (non-hydrogen) atoms. The number of esters is 3. The van der Waals surface area contributed by atoms with Gasteiger partial charge in [-0.2, -0.15) is 0 Å². The summed E-state index contributed by atoms with van der Waals surface area (Å²) in [5.74, 6) is -0.893. The number of rotatable bonds is 55. The standard InChI is InChI=1S/C66H114O6/c1-4-7-10-13-15-17-19-21-23-25-26-27-28-29-30-31-32-33-34-35-36-37-38-39-40-41-43-44-46-48-50-53-56-59-65(68)71-62-63(61-70-64(67)58-55-52-12-9-6-3)72-66(69)60-57-54-51-49-47-45-42-24-22-20-18-16-14-11-8-5-2/h7,10,15,17,21,23-24,26-27,29-30,32-33,42,63H,4-6,8-9,11-14,16,18-20,22,25,28,31,34-41,43-62H2,1-3H3/b10-7-,17-15-,23-21-,27-26-,30-29-,33-32-,42-24-. The monoisotopic (exact) mass is 1000 g/mol. The van der Waals surface area contributed by atoms with E-state index in [0.717, 1.165) is 109 Å². The van der Waals surface area contributed by atoms with Crippen LogP contribution in [0.4, 0.5) is 0 Å². The SMILES string of the molecule is CC/C=C\C/C=C\C/C=C\C/C=C\C/C=C\C/C=C\CCCCCCCCCCCCCCCCC(=O)OCC(COC(=O)CCCCCCC)OC(=O)CCCCCCC/C=C\CCCCCCCCC. The normalized spacial score (nSPS) is 12.7. The summed E-state index contributed by atoms with van der Waals surface area (Å²) in [4.78, 5) is 37.8. The van der Waals surface area contributed by atoms with Gasteiger partial charge in [0.1, 0.15) is 13.2 Å². The van der Waals surface area contributed by atoms with Gasteiger partial charge < -0.3 is 14.2 Å². The fraction of sp³-hybridized carbons (Fsp3) is 0.742. The van der Waals surface area contributed by atoms with Gasteiger partial charge in [-0.15, -0.1) is 0 Å². The molecule has 0 aliphatic heterocycles. The molecule has 0 saturated heterocycles. The number of hydrogen-bond acceptors (Lipinski definition) is 6. The van der Waals surface area contributed by atoms with Gasteiger partial charge in [-0.3, -0.25) is 14.4 Å². The second kappa shape index (κ2) is 60.1. The van der Waals surface area contributed by atoms with Gasteiger partial charge in [0.25, 0.3) is 0 Å². The fourth-order valence-electron chi connectivity index (χ4n) is 8.56. The van der Waals surface area contributed by atoms with Crippen LogP contribution in [0.2, 0.25) is 0 Å². The topological polar surface area (TPSA) is 78.9 Å². The van der Waals surface area contributed by atoms with Crippen molar-refractivity contribution in [3.63, 3.8) is 0 Å². The predicted octanol–water partition coefficient (Wildman–Crippen LogP) is 20.7. The Bertz CT molecular complexity index is 1380. The Morgan fingerprint density at radius 1 is 0.292 bits per heavy atom. The molecule has 0 aliphatic carbocycles. The van der Waals surface area contributed by atoms with Crippen molar-refractivity contribution in [3.05, 3.63) is 85.1 Å². The summed E-state index contributed by atoms with van der Waals surface area (Å²) < 4.78 is 16.7. The molecule has 6 nitrogen and oxygen atoms in total. The van der Waals surface area contributed by atoms with Crippen LogP contribution in [0.15, 0.2) is 85.1 Å². The highest BCUT2D eigenvalue weighted by Crippen LogP contribution is 2.16. The predicted molar refractivity (Wildman–Crippen MR) is 311 cm³/mol. The number of carbonyl (C=O) groups excluding carboxylic acids is 3. The number of hydrogen-bond donors (Lipinski definition) is 0. The van der Waals surface area contributed by atoms with Crippen LogP contribution in [-0.2, 0) is 28.6 Å². The maximum Gasteiger partial charge on any atom is 0.306 e. The van der Waals surface area contributed by atoms with Crippen molar-refractivity contribution >= 4 is 17.9 Å². The third-order valence-corrected chi connectivity index (χ3v) is 13.1. The van der Waals surface area contributed by atoms with E-state index in [2.05, 4.69) is 106 Å². The molecule has 0 N–H and O–H groups in total. The number of ether oxygens (including phenoxy) is 3. The van der Waals surface area contributed by atoms with Gasteiger partial charge >= 0.3 is 17.9 Å². The maximum absolute atomic E-state index is 12.8. The molecular formula is C66H114O6. The first-order chi connectivity index (χ1) is 35.5. The third kappa shape index (κ3) is 57.5. The van der Waals surface area contributed by atoms with Gasteiger partial charge in [-0.05, 0) is 96.3 Å². The Morgan fingerprint density at radius 2 is 0.542 bits per heavy atom. The molecule has 0 spiro atoms. The molecule has 0 radical (unpaired) electrons. The molecule has 1 unspecified atom stereocenters. The zero-order chi connectivity index (χ0) is 52.2. The zero-order valence-electron chi connectivity index (χ0n) is 47.4. The molecule has 0 aromatic heterocycles. The lowest BCUT2D eigenvalue weighted by Gasteiger charge is -2.18. The van der Waals surface area contributed by atoms with Gasteiger partial charge in [0.15, 0.2) is 6.10 Å². The highest BCUT2D eigenvalue weighted by Gasteiger charge is 2.19. The van der Waals surface area contributed by atoms with E-state index in [1.807, 2.05) is 0 Å². The van der Waals surface area contributed by atoms with E-state index in [0.29, 0.717) is 19.3 Å². The Kier molecular flexibility index (Phi) is 57.3. The summed E-state index contributed by atoms with van der Waals surface area (Å²) in [5.41, 5.74) is 0. The molecular weight excluding hydrogens is 889 g/mol. The van der Waals surface area contributed by atoms with E-state index in [1.54, 1.807) is 0 Å². The summed E-state index contributed by atoms with van der Waals surface area (Å²) >= 11 is 0. The van der Waals surface area contributed by atoms with Crippen LogP contribution in [0.3, 0.4) is 0 Å². The lowest BCUT2D eigenvalue weighted by molar-refractivity contribution is -0.167. The van der Waals surface area contributed by atoms with Crippen molar-refractivity contribution in [3.8, 4) is 0 Å². The van der Waals surface area contributed by atoms with Gasteiger partial charge in [0, 0.05) is 19.3 Å². The molecule has 0 amide bonds. The highest BCUT2D eigenvalue weighted by molar-refractivity contribution is 5.71. The molecule has 0 rings (SSSR count). The molecule has 0 aromatic carbocycles. The largest absolute Gasteiger partial charge is 0.462 e. The average Bonchev–Trinajstić information content (AvgIpc) is 3.38. The van der Waals surface area contributed by atoms with E-state index in [4.69, 9.17) is 14.2 Å². The van der Waals surface area contributed by atoms with E-state index in [-0.39, 0.29) is 31.1 Å². The minimum Gasteiger partial charge on any atom is -0.462 e. The molecule has 0 aliphatic rings. The van der Waals surface area contributed by atoms with Crippen LogP contribution < -0.4 is 0 Å². The third-order valence-electron chi connectivity index (χ3n) is 13.1. The van der Waals surface area contributed by atoms with Crippen molar-refractivity contribution in [2.24, 2.45) is 0 Å². The average molecular weight is 1000 g/mol. The van der Waals surface area contributed by atoms with Crippen molar-refractivity contribution in [1.29, 1.82) is 0 Å². The van der Waals surface area contributed by atoms with E-state index in [9.17, 15) is 14.4 Å². The van der Waals surface area contributed by atoms with Crippen molar-refractivity contribution in [2.45, 2.75) is 303 Å². The second-order valence-corrected chi connectivity index (χ2v) is 20.2. The summed E-state index contributed by atoms with van der Waals surface area (Å²) in [6.45, 7) is 6.45. The molecule has 0 aromatic rings. The molecule has 0 fully saturated rings. The van der Waals surface area contributed by atoms with Gasteiger partial charge in [-0.25, -0.2) is 0 Å². The number of unbranched alkanes of at least 4 members (excludes halogenated alkanes) is 30. The molecule has 0 heterocycles. The Labute approximate surface area is 445 Å². The van der Waals surface area contributed by atoms with E-state index in [1.165, 1.54) is 148 Å². The van der Waals surface area contributed by atoms with Gasteiger partial charge in [0.05, 0.1) is 0 Å². The second-order valence-electron chi connectivity index (χ2n) is 20.2. The van der Waals surface area contributed by atoms with E-state index >= 15 is 0 Å². The maximum atomic E-state index is 12.8. The molecule has 6 heteroatoms. The van der Waals surface area contributed by atoms with Crippen molar-refractivity contribution in [2.75, 3.05) is 13.2 Å². The Hall–Kier alpha value is -3.41. The minimum absolute atomic E-state index is 0.0775. The van der Waals surface area contributed by atoms with Crippen LogP contribution in [0, 0.1) is 0 Å². The lowest BCUT2D eigenvalue weighted by atomic mass is 10.0. The molecule has 1 atom stereocenters. The number of allylic oxidation sites excluding steroid dienone is 14. The first-order valence-corrected chi connectivity index (χ1v) is 30.6. The van der Waals surface area contributed by atoms with Gasteiger partial charge in [-0.1, -0.05) is 266 Å². The summed E-state index contributed by atoms with van der Waals surface area (Å²) in [6, 6.07) is 0. The lowest BCUT2D eigenvalue weighted by Crippen LogP contribution is -2.30. The summed E-state index contributed by atoms with van der Waals surface area (Å²) in [7, 11) is 0. The van der Waals surface area contributed by atoms with Crippen LogP contribution >= 0.6 is 0 Å². The highest BCUT2D eigenvalue weighted by atomic mass is 16.6. The number of carbonyl (C=O) groups is 3. The van der Waals surface area contributed by atoms with Crippen LogP contribution in [0.1, 0.15) is 297 Å². The molecule has 0 bridgehead atoms. The smallest absolute Gasteiger partial charge is 0.306 e. The van der Waals surface area contributed by atoms with Crippen LogP contribution in [0.5, 0.6) is 0 Å². The summed E-state index contributed by atoms with van der Waals surface area (Å²) in [5, 5.41) is 0. The molecule has 414 valence electrons. The van der Waals surface area contributed by atoms with Crippen LogP contribution in [-0.4, -0.2) is 37.2 Å². The minimum atomic E-state index is -0.775. The van der Waals surface area contributed by atoms with Crippen molar-refractivity contribution < 1.29 is 28.6 Å². The van der Waals surface area contributed by atoms with Gasteiger partial charge in [0.2, 0.25) is 0 Å². The molecule has 0 saturated carbocycles. The Morgan fingerprint density at radius 3 is 0.861 bits per heavy atom. The first-order valence-electron chi connectivity index (χ1n) is 30.6. The summed E-state index contributed by atoms with van der Waals surface area (Å²) in [6.07, 6.45) is 79.2. The fourth-order valence-corrected chi connectivity index (χ4v) is 8.56.